The number of aromatic nitrogens is 2. The standard InChI is InChI=1S/C12H19N5O2/c1-7-4-9(13-5-7)11(18)15-16-12(19)10-8(2)14-6-17(10)3/h6-7,9,13H,4-5H2,1-3H3,(H,15,18)(H,16,19). The van der Waals surface area contributed by atoms with Gasteiger partial charge >= 0.3 is 0 Å². The largest absolute Gasteiger partial charge is 0.329 e. The normalized spacial score (nSPS) is 22.3. The summed E-state index contributed by atoms with van der Waals surface area (Å²) < 4.78 is 1.62. The van der Waals surface area contributed by atoms with Crippen LogP contribution in [0, 0.1) is 12.8 Å². The van der Waals surface area contributed by atoms with Gasteiger partial charge in [-0.3, -0.25) is 20.4 Å². The molecule has 1 aliphatic rings. The number of rotatable bonds is 2. The molecule has 1 aromatic rings. The molecule has 0 bridgehead atoms. The number of carbonyl (C=O) groups excluding carboxylic acids is 2. The second-order valence-electron chi connectivity index (χ2n) is 5.03. The Morgan fingerprint density at radius 1 is 1.47 bits per heavy atom. The van der Waals surface area contributed by atoms with E-state index in [0.717, 1.165) is 13.0 Å². The van der Waals surface area contributed by atoms with E-state index in [0.29, 0.717) is 17.3 Å². The van der Waals surface area contributed by atoms with Gasteiger partial charge < -0.3 is 9.88 Å². The fourth-order valence-corrected chi connectivity index (χ4v) is 2.25. The molecule has 0 aliphatic carbocycles. The molecule has 1 fully saturated rings. The highest BCUT2D eigenvalue weighted by atomic mass is 16.2. The van der Waals surface area contributed by atoms with Crippen LogP contribution in [0.1, 0.15) is 29.5 Å². The fraction of sp³-hybridized carbons (Fsp3) is 0.583. The lowest BCUT2D eigenvalue weighted by Gasteiger charge is -2.12. The van der Waals surface area contributed by atoms with Gasteiger partial charge in [-0.2, -0.15) is 0 Å². The number of nitrogens with one attached hydrogen (secondary N) is 3. The van der Waals surface area contributed by atoms with Crippen molar-refractivity contribution in [2.24, 2.45) is 13.0 Å². The van der Waals surface area contributed by atoms with Crippen molar-refractivity contribution in [1.29, 1.82) is 0 Å². The average Bonchev–Trinajstić information content (AvgIpc) is 2.93. The summed E-state index contributed by atoms with van der Waals surface area (Å²) in [6, 6.07) is -0.233. The maximum absolute atomic E-state index is 11.9. The van der Waals surface area contributed by atoms with Gasteiger partial charge in [-0.05, 0) is 25.8 Å². The van der Waals surface area contributed by atoms with Crippen molar-refractivity contribution in [2.45, 2.75) is 26.3 Å². The molecule has 2 amide bonds. The number of aryl methyl sites for hydroxylation is 2. The molecule has 1 saturated heterocycles. The molecule has 7 heteroatoms. The molecule has 7 nitrogen and oxygen atoms in total. The minimum atomic E-state index is -0.364. The zero-order valence-corrected chi connectivity index (χ0v) is 11.4. The van der Waals surface area contributed by atoms with E-state index in [9.17, 15) is 9.59 Å². The van der Waals surface area contributed by atoms with Gasteiger partial charge in [-0.25, -0.2) is 4.98 Å². The average molecular weight is 265 g/mol. The molecular formula is C12H19N5O2. The van der Waals surface area contributed by atoms with E-state index in [1.807, 2.05) is 0 Å². The van der Waals surface area contributed by atoms with Crippen molar-refractivity contribution in [2.75, 3.05) is 6.54 Å². The van der Waals surface area contributed by atoms with E-state index in [2.05, 4.69) is 28.1 Å². The highest BCUT2D eigenvalue weighted by Gasteiger charge is 2.27. The Bertz CT molecular complexity index is 477. The molecule has 0 aromatic carbocycles. The molecular weight excluding hydrogens is 246 g/mol. The van der Waals surface area contributed by atoms with Gasteiger partial charge in [0.25, 0.3) is 11.8 Å². The lowest BCUT2D eigenvalue weighted by Crippen LogP contribution is -2.49. The Balaban J connectivity index is 1.89. The highest BCUT2D eigenvalue weighted by Crippen LogP contribution is 2.12. The van der Waals surface area contributed by atoms with Crippen molar-refractivity contribution in [1.82, 2.24) is 25.7 Å². The van der Waals surface area contributed by atoms with Gasteiger partial charge in [-0.1, -0.05) is 6.92 Å². The van der Waals surface area contributed by atoms with Crippen LogP contribution in [0.2, 0.25) is 0 Å². The van der Waals surface area contributed by atoms with Gasteiger partial charge in [0.2, 0.25) is 0 Å². The summed E-state index contributed by atoms with van der Waals surface area (Å²) in [5.41, 5.74) is 5.93. The molecule has 1 aliphatic heterocycles. The predicted octanol–water partition coefficient (Wildman–Crippen LogP) is -0.512. The first-order valence-electron chi connectivity index (χ1n) is 6.30. The lowest BCUT2D eigenvalue weighted by molar-refractivity contribution is -0.123. The van der Waals surface area contributed by atoms with Crippen LogP contribution in [0.15, 0.2) is 6.33 Å². The fourth-order valence-electron chi connectivity index (χ4n) is 2.25. The Kier molecular flexibility index (Phi) is 3.84. The molecule has 0 spiro atoms. The molecule has 0 saturated carbocycles. The lowest BCUT2D eigenvalue weighted by atomic mass is 10.1. The van der Waals surface area contributed by atoms with Crippen LogP contribution in [-0.2, 0) is 11.8 Å². The smallest absolute Gasteiger partial charge is 0.288 e. The Hall–Kier alpha value is -1.89. The topological polar surface area (TPSA) is 88.1 Å². The monoisotopic (exact) mass is 265 g/mol. The van der Waals surface area contributed by atoms with Gasteiger partial charge in [-0.15, -0.1) is 0 Å². The number of amides is 2. The summed E-state index contributed by atoms with van der Waals surface area (Å²) in [4.78, 5) is 27.8. The Labute approximate surface area is 111 Å². The second kappa shape index (κ2) is 5.40. The van der Waals surface area contributed by atoms with E-state index >= 15 is 0 Å². The minimum absolute atomic E-state index is 0.211. The van der Waals surface area contributed by atoms with E-state index in [-0.39, 0.29) is 17.9 Å². The van der Waals surface area contributed by atoms with Crippen molar-refractivity contribution in [3.8, 4) is 0 Å². The van der Waals surface area contributed by atoms with E-state index in [1.165, 1.54) is 0 Å². The summed E-state index contributed by atoms with van der Waals surface area (Å²) in [5.74, 6) is -0.0970. The molecule has 2 atom stereocenters. The van der Waals surface area contributed by atoms with Crippen LogP contribution in [0.4, 0.5) is 0 Å². The quantitative estimate of drug-likeness (QED) is 0.628. The van der Waals surface area contributed by atoms with E-state index in [1.54, 1.807) is 24.9 Å². The molecule has 2 unspecified atom stereocenters. The molecule has 104 valence electrons. The highest BCUT2D eigenvalue weighted by molar-refractivity contribution is 5.95. The SMILES string of the molecule is Cc1ncn(C)c1C(=O)NNC(=O)C1CC(C)CN1. The molecule has 19 heavy (non-hydrogen) atoms. The van der Waals surface area contributed by atoms with Gasteiger partial charge in [0, 0.05) is 7.05 Å². The molecule has 1 aromatic heterocycles. The third-order valence-electron chi connectivity index (χ3n) is 3.30. The number of nitrogens with zero attached hydrogens (tertiary/aromatic N) is 2. The maximum atomic E-state index is 11.9. The van der Waals surface area contributed by atoms with Crippen LogP contribution in [0.5, 0.6) is 0 Å². The first-order chi connectivity index (χ1) is 8.99. The van der Waals surface area contributed by atoms with Crippen LogP contribution in [-0.4, -0.2) is 34.0 Å². The molecule has 2 heterocycles. The molecule has 3 N–H and O–H groups in total. The third kappa shape index (κ3) is 2.93. The Morgan fingerprint density at radius 2 is 2.21 bits per heavy atom. The van der Waals surface area contributed by atoms with Crippen LogP contribution in [0.3, 0.4) is 0 Å². The summed E-state index contributed by atoms with van der Waals surface area (Å²) in [5, 5.41) is 3.11. The summed E-state index contributed by atoms with van der Waals surface area (Å²) >= 11 is 0. The molecule has 0 radical (unpaired) electrons. The first-order valence-corrected chi connectivity index (χ1v) is 6.30. The van der Waals surface area contributed by atoms with Crippen molar-refractivity contribution < 1.29 is 9.59 Å². The zero-order chi connectivity index (χ0) is 14.0. The number of carbonyl (C=O) groups is 2. The predicted molar refractivity (Wildman–Crippen MR) is 69.1 cm³/mol. The maximum Gasteiger partial charge on any atom is 0.288 e. The van der Waals surface area contributed by atoms with Crippen LogP contribution < -0.4 is 16.2 Å². The number of hydrogen-bond acceptors (Lipinski definition) is 4. The van der Waals surface area contributed by atoms with Gasteiger partial charge in [0.1, 0.15) is 5.69 Å². The van der Waals surface area contributed by atoms with E-state index in [4.69, 9.17) is 0 Å². The second-order valence-corrected chi connectivity index (χ2v) is 5.03. The Morgan fingerprint density at radius 3 is 2.74 bits per heavy atom. The van der Waals surface area contributed by atoms with Crippen LogP contribution in [0.25, 0.3) is 0 Å². The number of hydrazine groups is 1. The first kappa shape index (κ1) is 13.5. The van der Waals surface area contributed by atoms with Gasteiger partial charge in [0.05, 0.1) is 18.1 Å². The van der Waals surface area contributed by atoms with Crippen molar-refractivity contribution in [3.05, 3.63) is 17.7 Å². The number of imidazole rings is 1. The van der Waals surface area contributed by atoms with Crippen molar-refractivity contribution in [3.63, 3.8) is 0 Å². The number of hydrogen-bond donors (Lipinski definition) is 3. The zero-order valence-electron chi connectivity index (χ0n) is 11.4. The third-order valence-corrected chi connectivity index (χ3v) is 3.30. The minimum Gasteiger partial charge on any atom is -0.329 e. The van der Waals surface area contributed by atoms with Gasteiger partial charge in [0.15, 0.2) is 0 Å². The summed E-state index contributed by atoms with van der Waals surface area (Å²) in [6.45, 7) is 4.65. The molecule has 2 rings (SSSR count). The summed E-state index contributed by atoms with van der Waals surface area (Å²) in [7, 11) is 1.73. The van der Waals surface area contributed by atoms with Crippen molar-refractivity contribution >= 4 is 11.8 Å². The van der Waals surface area contributed by atoms with Crippen LogP contribution >= 0.6 is 0 Å². The summed E-state index contributed by atoms with van der Waals surface area (Å²) in [6.07, 6.45) is 2.35. The van der Waals surface area contributed by atoms with E-state index < -0.39 is 0 Å².